The number of methoxy groups -OCH3 is 1. The van der Waals surface area contributed by atoms with E-state index in [0.29, 0.717) is 6.07 Å². The summed E-state index contributed by atoms with van der Waals surface area (Å²) >= 11 is 0. The molecule has 162 valence electrons. The number of ether oxygens (including phenoxy) is 2. The predicted octanol–water partition coefficient (Wildman–Crippen LogP) is 4.43. The van der Waals surface area contributed by atoms with Crippen molar-refractivity contribution in [1.29, 1.82) is 5.26 Å². The molecule has 9 heteroatoms. The SMILES string of the molecule is COCC1=C(C(=O)OCC(C)C)C(c2ccc(F)cc2C(F)(F)F)C(C#N)=C(C)N1. The molecular weight excluding hydrogens is 404 g/mol. The van der Waals surface area contributed by atoms with Gasteiger partial charge in [0.05, 0.1) is 47.6 Å². The molecular formula is C21H22F4N2O3. The first-order valence-corrected chi connectivity index (χ1v) is 9.14. The molecule has 0 aliphatic carbocycles. The van der Waals surface area contributed by atoms with Crippen molar-refractivity contribution in [1.82, 2.24) is 5.32 Å². The highest BCUT2D eigenvalue weighted by atomic mass is 19.4. The number of allylic oxidation sites excluding steroid dienone is 2. The lowest BCUT2D eigenvalue weighted by molar-refractivity contribution is -0.141. The molecule has 0 spiro atoms. The molecule has 1 aliphatic heterocycles. The van der Waals surface area contributed by atoms with Gasteiger partial charge < -0.3 is 14.8 Å². The lowest BCUT2D eigenvalue weighted by Crippen LogP contribution is -2.33. The molecule has 0 saturated carbocycles. The van der Waals surface area contributed by atoms with Gasteiger partial charge in [-0.25, -0.2) is 9.18 Å². The van der Waals surface area contributed by atoms with E-state index in [0.717, 1.165) is 12.1 Å². The Hall–Kier alpha value is -2.86. The normalized spacial score (nSPS) is 17.1. The number of rotatable bonds is 6. The maximum atomic E-state index is 13.7. The van der Waals surface area contributed by atoms with Crippen LogP contribution in [0.2, 0.25) is 0 Å². The van der Waals surface area contributed by atoms with Crippen LogP contribution in [0.1, 0.15) is 37.8 Å². The van der Waals surface area contributed by atoms with Gasteiger partial charge >= 0.3 is 12.1 Å². The fraction of sp³-hybridized carbons (Fsp3) is 0.429. The highest BCUT2D eigenvalue weighted by Gasteiger charge is 2.42. The van der Waals surface area contributed by atoms with E-state index in [-0.39, 0.29) is 41.7 Å². The zero-order chi connectivity index (χ0) is 22.6. The molecule has 0 amide bonds. The summed E-state index contributed by atoms with van der Waals surface area (Å²) < 4.78 is 65.1. The van der Waals surface area contributed by atoms with E-state index in [1.165, 1.54) is 14.0 Å². The number of hydrogen-bond donors (Lipinski definition) is 1. The number of alkyl halides is 3. The number of dihydropyridines is 1. The monoisotopic (exact) mass is 426 g/mol. The van der Waals surface area contributed by atoms with Crippen LogP contribution >= 0.6 is 0 Å². The Morgan fingerprint density at radius 3 is 2.53 bits per heavy atom. The number of hydrogen-bond acceptors (Lipinski definition) is 5. The first kappa shape index (κ1) is 23.4. The van der Waals surface area contributed by atoms with Crippen molar-refractivity contribution < 1.29 is 31.8 Å². The topological polar surface area (TPSA) is 71.3 Å². The van der Waals surface area contributed by atoms with Crippen molar-refractivity contribution in [3.63, 3.8) is 0 Å². The second-order valence-corrected chi connectivity index (χ2v) is 7.26. The Morgan fingerprint density at radius 1 is 1.33 bits per heavy atom. The van der Waals surface area contributed by atoms with Gasteiger partial charge in [-0.3, -0.25) is 0 Å². The van der Waals surface area contributed by atoms with Crippen molar-refractivity contribution in [3.05, 3.63) is 57.7 Å². The second kappa shape index (κ2) is 9.30. The number of esters is 1. The van der Waals surface area contributed by atoms with Crippen molar-refractivity contribution in [3.8, 4) is 6.07 Å². The van der Waals surface area contributed by atoms with Gasteiger partial charge in [-0.15, -0.1) is 0 Å². The standard InChI is InChI=1S/C21H22F4N2O3/c1-11(2)9-30-20(28)19-17(10-29-4)27-12(3)15(8-26)18(19)14-6-5-13(22)7-16(14)21(23,24)25/h5-7,11,18,27H,9-10H2,1-4H3. The van der Waals surface area contributed by atoms with Crippen LogP contribution in [0.3, 0.4) is 0 Å². The van der Waals surface area contributed by atoms with E-state index in [4.69, 9.17) is 9.47 Å². The second-order valence-electron chi connectivity index (χ2n) is 7.26. The summed E-state index contributed by atoms with van der Waals surface area (Å²) in [6.07, 6.45) is -4.90. The third-order valence-corrected chi connectivity index (χ3v) is 4.45. The molecule has 0 fully saturated rings. The molecule has 1 aromatic carbocycles. The summed E-state index contributed by atoms with van der Waals surface area (Å²) in [7, 11) is 1.36. The molecule has 1 aromatic rings. The van der Waals surface area contributed by atoms with E-state index in [1.807, 2.05) is 6.07 Å². The predicted molar refractivity (Wildman–Crippen MR) is 100 cm³/mol. The molecule has 1 unspecified atom stereocenters. The van der Waals surface area contributed by atoms with Gasteiger partial charge in [0.25, 0.3) is 0 Å². The van der Waals surface area contributed by atoms with Gasteiger partial charge in [-0.05, 0) is 30.5 Å². The van der Waals surface area contributed by atoms with Gasteiger partial charge in [0.2, 0.25) is 0 Å². The zero-order valence-corrected chi connectivity index (χ0v) is 17.0. The quantitative estimate of drug-likeness (QED) is 0.538. The number of nitrogens with one attached hydrogen (secondary N) is 1. The Bertz CT molecular complexity index is 927. The van der Waals surface area contributed by atoms with E-state index in [1.54, 1.807) is 13.8 Å². The van der Waals surface area contributed by atoms with E-state index >= 15 is 0 Å². The largest absolute Gasteiger partial charge is 0.462 e. The lowest BCUT2D eigenvalue weighted by Gasteiger charge is -2.31. The molecule has 1 aliphatic rings. The van der Waals surface area contributed by atoms with Gasteiger partial charge in [-0.1, -0.05) is 19.9 Å². The molecule has 30 heavy (non-hydrogen) atoms. The van der Waals surface area contributed by atoms with Crippen LogP contribution in [-0.4, -0.2) is 26.3 Å². The Balaban J connectivity index is 2.77. The Kier molecular flexibility index (Phi) is 7.26. The van der Waals surface area contributed by atoms with E-state index in [9.17, 15) is 27.6 Å². The van der Waals surface area contributed by atoms with Crippen molar-refractivity contribution in [2.45, 2.75) is 32.9 Å². The molecule has 0 bridgehead atoms. The van der Waals surface area contributed by atoms with Crippen LogP contribution in [0.4, 0.5) is 17.6 Å². The molecule has 1 N–H and O–H groups in total. The van der Waals surface area contributed by atoms with Crippen LogP contribution in [-0.2, 0) is 20.4 Å². The lowest BCUT2D eigenvalue weighted by atomic mass is 9.79. The van der Waals surface area contributed by atoms with Gasteiger partial charge in [0.15, 0.2) is 0 Å². The van der Waals surface area contributed by atoms with Gasteiger partial charge in [-0.2, -0.15) is 18.4 Å². The summed E-state index contributed by atoms with van der Waals surface area (Å²) in [4.78, 5) is 12.9. The molecule has 0 saturated heterocycles. The Labute approximate surface area is 172 Å². The molecule has 1 atom stereocenters. The van der Waals surface area contributed by atoms with Crippen LogP contribution in [0, 0.1) is 23.1 Å². The molecule has 5 nitrogen and oxygen atoms in total. The fourth-order valence-electron chi connectivity index (χ4n) is 3.20. The molecule has 0 radical (unpaired) electrons. The van der Waals surface area contributed by atoms with Gasteiger partial charge in [0, 0.05) is 12.8 Å². The summed E-state index contributed by atoms with van der Waals surface area (Å²) in [6.45, 7) is 5.03. The molecule has 1 heterocycles. The number of nitriles is 1. The Morgan fingerprint density at radius 2 is 2.00 bits per heavy atom. The average Bonchev–Trinajstić information content (AvgIpc) is 2.65. The molecule has 0 aromatic heterocycles. The number of halogens is 4. The van der Waals surface area contributed by atoms with Crippen molar-refractivity contribution >= 4 is 5.97 Å². The summed E-state index contributed by atoms with van der Waals surface area (Å²) in [6, 6.07) is 4.05. The third-order valence-electron chi connectivity index (χ3n) is 4.45. The minimum atomic E-state index is -4.90. The van der Waals surface area contributed by atoms with E-state index < -0.39 is 35.0 Å². The van der Waals surface area contributed by atoms with Crippen LogP contribution in [0.15, 0.2) is 40.7 Å². The first-order chi connectivity index (χ1) is 14.0. The maximum absolute atomic E-state index is 13.7. The van der Waals surface area contributed by atoms with Crippen molar-refractivity contribution in [2.75, 3.05) is 20.3 Å². The number of carbonyl (C=O) groups is 1. The number of benzene rings is 1. The smallest absolute Gasteiger partial charge is 0.416 e. The summed E-state index contributed by atoms with van der Waals surface area (Å²) in [5.41, 5.74) is -1.48. The third kappa shape index (κ3) is 5.00. The number of nitrogens with zero attached hydrogens (tertiary/aromatic N) is 1. The van der Waals surface area contributed by atoms with Gasteiger partial charge in [0.1, 0.15) is 5.82 Å². The van der Waals surface area contributed by atoms with Crippen LogP contribution in [0.5, 0.6) is 0 Å². The van der Waals surface area contributed by atoms with Crippen LogP contribution < -0.4 is 5.32 Å². The van der Waals surface area contributed by atoms with E-state index in [2.05, 4.69) is 5.32 Å². The average molecular weight is 426 g/mol. The minimum Gasteiger partial charge on any atom is -0.462 e. The van der Waals surface area contributed by atoms with Crippen LogP contribution in [0.25, 0.3) is 0 Å². The first-order valence-electron chi connectivity index (χ1n) is 9.14. The zero-order valence-electron chi connectivity index (χ0n) is 17.0. The fourth-order valence-corrected chi connectivity index (χ4v) is 3.20. The molecule has 2 rings (SSSR count). The highest BCUT2D eigenvalue weighted by molar-refractivity contribution is 5.93. The maximum Gasteiger partial charge on any atom is 0.416 e. The summed E-state index contributed by atoms with van der Waals surface area (Å²) in [5, 5.41) is 12.5. The minimum absolute atomic E-state index is 0.0142. The van der Waals surface area contributed by atoms with Crippen molar-refractivity contribution in [2.24, 2.45) is 5.92 Å². The summed E-state index contributed by atoms with van der Waals surface area (Å²) in [5.74, 6) is -3.35. The number of carbonyl (C=O) groups excluding carboxylic acids is 1. The highest BCUT2D eigenvalue weighted by Crippen LogP contribution is 2.44.